The molecule has 2 amide bonds. The highest BCUT2D eigenvalue weighted by atomic mass is 16.5. The van der Waals surface area contributed by atoms with Crippen LogP contribution in [-0.2, 0) is 4.79 Å². The topological polar surface area (TPSA) is 80.3 Å². The summed E-state index contributed by atoms with van der Waals surface area (Å²) in [5.41, 5.74) is 2.19. The molecule has 0 atom stereocenters. The number of rotatable bonds is 11. The van der Waals surface area contributed by atoms with Crippen molar-refractivity contribution in [2.45, 2.75) is 41.0 Å². The monoisotopic (exact) mass is 497 g/mol. The van der Waals surface area contributed by atoms with Gasteiger partial charge >= 0.3 is 0 Å². The highest BCUT2D eigenvalue weighted by molar-refractivity contribution is 6.05. The van der Waals surface area contributed by atoms with Gasteiger partial charge in [-0.05, 0) is 63.1 Å². The van der Waals surface area contributed by atoms with Gasteiger partial charge in [0.1, 0.15) is 0 Å². The van der Waals surface area contributed by atoms with Gasteiger partial charge in [0.15, 0.2) is 11.5 Å². The fraction of sp³-hybridized carbons (Fsp3) is 0.500. The molecule has 1 saturated heterocycles. The molecule has 1 aliphatic heterocycles. The predicted molar refractivity (Wildman–Crippen MR) is 143 cm³/mol. The summed E-state index contributed by atoms with van der Waals surface area (Å²) in [5, 5.41) is 2.96. The molecule has 196 valence electrons. The molecule has 3 rings (SSSR count). The second kappa shape index (κ2) is 13.0. The van der Waals surface area contributed by atoms with Crippen LogP contribution in [0.1, 0.15) is 51.4 Å². The summed E-state index contributed by atoms with van der Waals surface area (Å²) in [6.45, 7) is 14.2. The van der Waals surface area contributed by atoms with Crippen LogP contribution in [0.3, 0.4) is 0 Å². The van der Waals surface area contributed by atoms with Crippen LogP contribution >= 0.6 is 0 Å². The zero-order valence-corrected chi connectivity index (χ0v) is 22.1. The second-order valence-electron chi connectivity index (χ2n) is 9.07. The van der Waals surface area contributed by atoms with Crippen molar-refractivity contribution in [1.29, 1.82) is 0 Å². The first-order valence-corrected chi connectivity index (χ1v) is 12.9. The molecular formula is C28H39N3O5. The van der Waals surface area contributed by atoms with Gasteiger partial charge in [-0.3, -0.25) is 9.59 Å². The van der Waals surface area contributed by atoms with E-state index in [0.29, 0.717) is 60.7 Å². The Labute approximate surface area is 214 Å². The number of piperazine rings is 1. The lowest BCUT2D eigenvalue weighted by Crippen LogP contribution is -2.49. The van der Waals surface area contributed by atoms with Crippen molar-refractivity contribution in [2.75, 3.05) is 56.2 Å². The normalized spacial score (nSPS) is 13.5. The summed E-state index contributed by atoms with van der Waals surface area (Å²) in [6, 6.07) is 11.1. The van der Waals surface area contributed by atoms with Gasteiger partial charge in [0.05, 0.1) is 19.8 Å². The van der Waals surface area contributed by atoms with Crippen molar-refractivity contribution in [2.24, 2.45) is 5.92 Å². The Balaban J connectivity index is 1.66. The van der Waals surface area contributed by atoms with Gasteiger partial charge in [0, 0.05) is 49.5 Å². The molecule has 0 saturated carbocycles. The molecule has 0 aliphatic carbocycles. The minimum Gasteiger partial charge on any atom is -0.490 e. The van der Waals surface area contributed by atoms with Crippen LogP contribution in [0.15, 0.2) is 36.4 Å². The van der Waals surface area contributed by atoms with E-state index in [9.17, 15) is 9.59 Å². The molecule has 36 heavy (non-hydrogen) atoms. The number of nitrogens with zero attached hydrogens (tertiary/aromatic N) is 2. The van der Waals surface area contributed by atoms with Crippen LogP contribution in [0.4, 0.5) is 11.4 Å². The summed E-state index contributed by atoms with van der Waals surface area (Å²) >= 11 is 0. The Kier molecular flexibility index (Phi) is 9.85. The van der Waals surface area contributed by atoms with Crippen molar-refractivity contribution in [3.05, 3.63) is 42.0 Å². The van der Waals surface area contributed by atoms with Crippen molar-refractivity contribution < 1.29 is 23.8 Å². The molecule has 1 N–H and O–H groups in total. The van der Waals surface area contributed by atoms with Crippen LogP contribution in [0.5, 0.6) is 17.2 Å². The number of carbonyl (C=O) groups is 2. The fourth-order valence-electron chi connectivity index (χ4n) is 4.17. The van der Waals surface area contributed by atoms with E-state index in [1.165, 1.54) is 0 Å². The molecule has 1 fully saturated rings. The molecule has 0 aromatic heterocycles. The number of ether oxygens (including phenoxy) is 3. The third-order valence-corrected chi connectivity index (χ3v) is 5.88. The van der Waals surface area contributed by atoms with Gasteiger partial charge in [-0.25, -0.2) is 0 Å². The van der Waals surface area contributed by atoms with E-state index in [1.807, 2.05) is 49.9 Å². The Hall–Kier alpha value is -3.42. The maximum atomic E-state index is 13.0. The number of hydrogen-bond donors (Lipinski definition) is 1. The number of carbonyl (C=O) groups excluding carboxylic acids is 2. The highest BCUT2D eigenvalue weighted by Gasteiger charge is 2.22. The minimum atomic E-state index is -0.259. The van der Waals surface area contributed by atoms with Crippen molar-refractivity contribution in [1.82, 2.24) is 4.90 Å². The van der Waals surface area contributed by atoms with Crippen LogP contribution in [0.25, 0.3) is 0 Å². The van der Waals surface area contributed by atoms with Crippen LogP contribution < -0.4 is 24.4 Å². The quantitative estimate of drug-likeness (QED) is 0.479. The lowest BCUT2D eigenvalue weighted by atomic mass is 10.1. The van der Waals surface area contributed by atoms with Gasteiger partial charge in [0.25, 0.3) is 5.91 Å². The zero-order chi connectivity index (χ0) is 26.1. The van der Waals surface area contributed by atoms with Crippen molar-refractivity contribution in [3.8, 4) is 17.2 Å². The third-order valence-electron chi connectivity index (χ3n) is 5.88. The zero-order valence-electron chi connectivity index (χ0n) is 22.1. The number of nitrogens with one attached hydrogen (secondary N) is 1. The Morgan fingerprint density at radius 1 is 0.861 bits per heavy atom. The Bertz CT molecular complexity index is 987. The first-order chi connectivity index (χ1) is 17.4. The number of anilines is 2. The van der Waals surface area contributed by atoms with E-state index < -0.39 is 0 Å². The lowest BCUT2D eigenvalue weighted by molar-refractivity contribution is -0.132. The molecule has 2 aromatic carbocycles. The van der Waals surface area contributed by atoms with Gasteiger partial charge in [0.2, 0.25) is 11.7 Å². The molecule has 0 radical (unpaired) electrons. The third kappa shape index (κ3) is 7.06. The van der Waals surface area contributed by atoms with Crippen LogP contribution in [0.2, 0.25) is 0 Å². The standard InChI is InChI=1S/C28H39N3O5/c1-6-34-24-18-21(19-25(35-7-2)27(24)36-8-3)28(33)29-22-9-11-23(12-10-22)30-13-15-31(16-14-30)26(32)17-20(4)5/h9-12,18-20H,6-8,13-17H2,1-5H3,(H,29,33). The first kappa shape index (κ1) is 27.2. The predicted octanol–water partition coefficient (Wildman–Crippen LogP) is 4.83. The fourth-order valence-corrected chi connectivity index (χ4v) is 4.17. The molecule has 2 aromatic rings. The summed E-state index contributed by atoms with van der Waals surface area (Å²) in [4.78, 5) is 29.6. The van der Waals surface area contributed by atoms with Gasteiger partial charge in [-0.15, -0.1) is 0 Å². The molecule has 1 heterocycles. The first-order valence-electron chi connectivity index (χ1n) is 12.9. The SMILES string of the molecule is CCOc1cc(C(=O)Nc2ccc(N3CCN(C(=O)CC(C)C)CC3)cc2)cc(OCC)c1OCC. The van der Waals surface area contributed by atoms with Crippen LogP contribution in [0, 0.1) is 5.92 Å². The van der Waals surface area contributed by atoms with E-state index in [-0.39, 0.29) is 11.8 Å². The van der Waals surface area contributed by atoms with Crippen molar-refractivity contribution in [3.63, 3.8) is 0 Å². The number of benzene rings is 2. The van der Waals surface area contributed by atoms with Crippen LogP contribution in [-0.4, -0.2) is 62.7 Å². The molecule has 8 heteroatoms. The smallest absolute Gasteiger partial charge is 0.255 e. The molecule has 1 aliphatic rings. The highest BCUT2D eigenvalue weighted by Crippen LogP contribution is 2.39. The largest absolute Gasteiger partial charge is 0.490 e. The van der Waals surface area contributed by atoms with E-state index in [0.717, 1.165) is 31.9 Å². The second-order valence-corrected chi connectivity index (χ2v) is 9.07. The maximum absolute atomic E-state index is 13.0. The molecule has 8 nitrogen and oxygen atoms in total. The van der Waals surface area contributed by atoms with E-state index >= 15 is 0 Å². The minimum absolute atomic E-state index is 0.233. The molecule has 0 spiro atoms. The molecule has 0 bridgehead atoms. The number of hydrogen-bond acceptors (Lipinski definition) is 6. The molecular weight excluding hydrogens is 458 g/mol. The van der Waals surface area contributed by atoms with Gasteiger partial charge in [-0.2, -0.15) is 0 Å². The van der Waals surface area contributed by atoms with Crippen molar-refractivity contribution >= 4 is 23.2 Å². The number of amides is 2. The van der Waals surface area contributed by atoms with E-state index in [4.69, 9.17) is 14.2 Å². The van der Waals surface area contributed by atoms with E-state index in [1.54, 1.807) is 12.1 Å². The summed E-state index contributed by atoms with van der Waals surface area (Å²) in [5.74, 6) is 1.82. The van der Waals surface area contributed by atoms with Gasteiger partial charge < -0.3 is 29.3 Å². The summed E-state index contributed by atoms with van der Waals surface area (Å²) in [7, 11) is 0. The maximum Gasteiger partial charge on any atom is 0.255 e. The van der Waals surface area contributed by atoms with E-state index in [2.05, 4.69) is 24.1 Å². The lowest BCUT2D eigenvalue weighted by Gasteiger charge is -2.36. The Morgan fingerprint density at radius 3 is 1.92 bits per heavy atom. The van der Waals surface area contributed by atoms with Gasteiger partial charge in [-0.1, -0.05) is 13.8 Å². The average molecular weight is 498 g/mol. The summed E-state index contributed by atoms with van der Waals surface area (Å²) in [6.07, 6.45) is 0.598. The average Bonchev–Trinajstić information content (AvgIpc) is 2.86. The summed E-state index contributed by atoms with van der Waals surface area (Å²) < 4.78 is 17.2. The Morgan fingerprint density at radius 2 is 1.42 bits per heavy atom. The molecule has 0 unspecified atom stereocenters.